The average Bonchev–Trinajstić information content (AvgIpc) is 2.85. The molecule has 0 aliphatic carbocycles. The second-order valence-electron chi connectivity index (χ2n) is 5.80. The van der Waals surface area contributed by atoms with Crippen LogP contribution in [0.4, 0.5) is 0 Å². The van der Waals surface area contributed by atoms with Crippen LogP contribution in [0.2, 0.25) is 0 Å². The van der Waals surface area contributed by atoms with Gasteiger partial charge in [0.15, 0.2) is 0 Å². The average molecular weight is 276 g/mol. The monoisotopic (exact) mass is 276 g/mol. The predicted octanol–water partition coefficient (Wildman–Crippen LogP) is 3.22. The maximum atomic E-state index is 5.34. The summed E-state index contributed by atoms with van der Waals surface area (Å²) in [4.78, 5) is 2.67. The predicted molar refractivity (Wildman–Crippen MR) is 84.3 cm³/mol. The summed E-state index contributed by atoms with van der Waals surface area (Å²) < 4.78 is 5.34. The van der Waals surface area contributed by atoms with Crippen molar-refractivity contribution in [2.24, 2.45) is 0 Å². The van der Waals surface area contributed by atoms with Gasteiger partial charge in [-0.2, -0.15) is 0 Å². The van der Waals surface area contributed by atoms with Crippen LogP contribution in [0.5, 0.6) is 5.75 Å². The van der Waals surface area contributed by atoms with Gasteiger partial charge < -0.3 is 10.1 Å². The number of rotatable bonds is 6. The molecule has 1 aliphatic rings. The van der Waals surface area contributed by atoms with Gasteiger partial charge >= 0.3 is 0 Å². The number of likely N-dealkylation sites (tertiary alicyclic amines) is 1. The highest BCUT2D eigenvalue weighted by atomic mass is 16.5. The Bertz CT molecular complexity index is 421. The standard InChI is InChI=1S/C17H28N2O/c1-5-15-10-9-13(2)19(15)12-17(18-3)14-7-6-8-16(11-14)20-4/h6-8,11,13,15,17-18H,5,9-10,12H2,1-4H3. The molecule has 0 saturated carbocycles. The molecule has 0 bridgehead atoms. The van der Waals surface area contributed by atoms with E-state index in [2.05, 4.69) is 42.3 Å². The van der Waals surface area contributed by atoms with Gasteiger partial charge in [-0.15, -0.1) is 0 Å². The van der Waals surface area contributed by atoms with E-state index in [9.17, 15) is 0 Å². The molecule has 3 atom stereocenters. The summed E-state index contributed by atoms with van der Waals surface area (Å²) in [6.07, 6.45) is 3.91. The van der Waals surface area contributed by atoms with Crippen LogP contribution >= 0.6 is 0 Å². The summed E-state index contributed by atoms with van der Waals surface area (Å²) in [5.41, 5.74) is 1.31. The number of hydrogen-bond acceptors (Lipinski definition) is 3. The van der Waals surface area contributed by atoms with Gasteiger partial charge in [-0.1, -0.05) is 19.1 Å². The summed E-state index contributed by atoms with van der Waals surface area (Å²) in [5, 5.41) is 3.46. The van der Waals surface area contributed by atoms with Crippen molar-refractivity contribution in [2.45, 2.75) is 51.2 Å². The lowest BCUT2D eigenvalue weighted by Crippen LogP contribution is -2.40. The van der Waals surface area contributed by atoms with E-state index in [1.54, 1.807) is 7.11 Å². The summed E-state index contributed by atoms with van der Waals surface area (Å²) >= 11 is 0. The fourth-order valence-electron chi connectivity index (χ4n) is 3.33. The molecule has 0 spiro atoms. The molecule has 0 radical (unpaired) electrons. The molecule has 1 fully saturated rings. The molecule has 1 aromatic rings. The highest BCUT2D eigenvalue weighted by Crippen LogP contribution is 2.29. The highest BCUT2D eigenvalue weighted by Gasteiger charge is 2.30. The highest BCUT2D eigenvalue weighted by molar-refractivity contribution is 5.30. The minimum absolute atomic E-state index is 0.361. The van der Waals surface area contributed by atoms with Gasteiger partial charge in [0, 0.05) is 24.7 Å². The van der Waals surface area contributed by atoms with Crippen LogP contribution in [-0.2, 0) is 0 Å². The molecule has 1 aliphatic heterocycles. The van der Waals surface area contributed by atoms with Crippen LogP contribution in [0.1, 0.15) is 44.7 Å². The molecule has 3 unspecified atom stereocenters. The fraction of sp³-hybridized carbons (Fsp3) is 0.647. The van der Waals surface area contributed by atoms with Gasteiger partial charge in [-0.3, -0.25) is 4.90 Å². The Balaban J connectivity index is 2.11. The molecule has 0 amide bonds. The van der Waals surface area contributed by atoms with Crippen molar-refractivity contribution < 1.29 is 4.74 Å². The Morgan fingerprint density at radius 2 is 2.20 bits per heavy atom. The van der Waals surface area contributed by atoms with E-state index in [0.717, 1.165) is 18.3 Å². The van der Waals surface area contributed by atoms with Crippen molar-refractivity contribution >= 4 is 0 Å². The topological polar surface area (TPSA) is 24.5 Å². The molecule has 1 aromatic carbocycles. The maximum absolute atomic E-state index is 5.34. The lowest BCUT2D eigenvalue weighted by Gasteiger charge is -2.32. The third-order valence-corrected chi connectivity index (χ3v) is 4.66. The van der Waals surface area contributed by atoms with Crippen LogP contribution in [0.3, 0.4) is 0 Å². The lowest BCUT2D eigenvalue weighted by molar-refractivity contribution is 0.179. The van der Waals surface area contributed by atoms with Crippen molar-refractivity contribution in [2.75, 3.05) is 20.7 Å². The van der Waals surface area contributed by atoms with E-state index in [-0.39, 0.29) is 0 Å². The molecule has 3 heteroatoms. The van der Waals surface area contributed by atoms with Gasteiger partial charge in [0.25, 0.3) is 0 Å². The zero-order valence-electron chi connectivity index (χ0n) is 13.2. The van der Waals surface area contributed by atoms with E-state index >= 15 is 0 Å². The van der Waals surface area contributed by atoms with Gasteiger partial charge in [-0.25, -0.2) is 0 Å². The Morgan fingerprint density at radius 3 is 2.85 bits per heavy atom. The van der Waals surface area contributed by atoms with Gasteiger partial charge in [-0.05, 0) is 50.9 Å². The van der Waals surface area contributed by atoms with E-state index in [1.807, 2.05) is 13.1 Å². The molecule has 20 heavy (non-hydrogen) atoms. The molecule has 1 saturated heterocycles. The number of benzene rings is 1. The normalized spacial score (nSPS) is 24.8. The second kappa shape index (κ2) is 7.09. The summed E-state index contributed by atoms with van der Waals surface area (Å²) in [6, 6.07) is 10.2. The smallest absolute Gasteiger partial charge is 0.119 e. The minimum Gasteiger partial charge on any atom is -0.497 e. The molecule has 2 rings (SSSR count). The van der Waals surface area contributed by atoms with Gasteiger partial charge in [0.2, 0.25) is 0 Å². The van der Waals surface area contributed by atoms with E-state index in [0.29, 0.717) is 12.1 Å². The van der Waals surface area contributed by atoms with Crippen LogP contribution < -0.4 is 10.1 Å². The number of hydrogen-bond donors (Lipinski definition) is 1. The molecule has 1 N–H and O–H groups in total. The lowest BCUT2D eigenvalue weighted by atomic mass is 10.0. The first kappa shape index (κ1) is 15.3. The van der Waals surface area contributed by atoms with E-state index < -0.39 is 0 Å². The molecular formula is C17H28N2O. The first-order chi connectivity index (χ1) is 9.69. The van der Waals surface area contributed by atoms with Crippen molar-refractivity contribution in [3.63, 3.8) is 0 Å². The number of methoxy groups -OCH3 is 1. The molecule has 1 heterocycles. The fourth-order valence-corrected chi connectivity index (χ4v) is 3.33. The molecule has 0 aromatic heterocycles. The molecular weight excluding hydrogens is 248 g/mol. The minimum atomic E-state index is 0.361. The summed E-state index contributed by atoms with van der Waals surface area (Å²) in [5.74, 6) is 0.935. The third-order valence-electron chi connectivity index (χ3n) is 4.66. The third kappa shape index (κ3) is 3.33. The Morgan fingerprint density at radius 1 is 1.40 bits per heavy atom. The Kier molecular flexibility index (Phi) is 5.44. The van der Waals surface area contributed by atoms with E-state index in [1.165, 1.54) is 24.8 Å². The second-order valence-corrected chi connectivity index (χ2v) is 5.80. The van der Waals surface area contributed by atoms with Crippen LogP contribution in [0.15, 0.2) is 24.3 Å². The quantitative estimate of drug-likeness (QED) is 0.863. The van der Waals surface area contributed by atoms with Crippen molar-refractivity contribution in [1.29, 1.82) is 0 Å². The number of nitrogens with zero attached hydrogens (tertiary/aromatic N) is 1. The Labute approximate surface area is 123 Å². The Hall–Kier alpha value is -1.06. The summed E-state index contributed by atoms with van der Waals surface area (Å²) in [7, 11) is 3.77. The first-order valence-electron chi connectivity index (χ1n) is 7.76. The van der Waals surface area contributed by atoms with Crippen molar-refractivity contribution in [1.82, 2.24) is 10.2 Å². The zero-order chi connectivity index (χ0) is 14.5. The van der Waals surface area contributed by atoms with Crippen LogP contribution in [0, 0.1) is 0 Å². The van der Waals surface area contributed by atoms with Crippen LogP contribution in [-0.4, -0.2) is 37.7 Å². The van der Waals surface area contributed by atoms with E-state index in [4.69, 9.17) is 4.74 Å². The van der Waals surface area contributed by atoms with Gasteiger partial charge in [0.05, 0.1) is 7.11 Å². The SMILES string of the molecule is CCC1CCC(C)N1CC(NC)c1cccc(OC)c1. The largest absolute Gasteiger partial charge is 0.497 e. The molecule has 112 valence electrons. The van der Waals surface area contributed by atoms with Crippen molar-refractivity contribution in [3.05, 3.63) is 29.8 Å². The maximum Gasteiger partial charge on any atom is 0.119 e. The number of ether oxygens (including phenoxy) is 1. The zero-order valence-corrected chi connectivity index (χ0v) is 13.2. The number of likely N-dealkylation sites (N-methyl/N-ethyl adjacent to an activating group) is 1. The van der Waals surface area contributed by atoms with Gasteiger partial charge in [0.1, 0.15) is 5.75 Å². The first-order valence-corrected chi connectivity index (χ1v) is 7.76. The van der Waals surface area contributed by atoms with Crippen LogP contribution in [0.25, 0.3) is 0 Å². The summed E-state index contributed by atoms with van der Waals surface area (Å²) in [6.45, 7) is 5.73. The van der Waals surface area contributed by atoms with Crippen molar-refractivity contribution in [3.8, 4) is 5.75 Å². The number of nitrogens with one attached hydrogen (secondary N) is 1. The molecule has 3 nitrogen and oxygen atoms in total.